The van der Waals surface area contributed by atoms with E-state index in [2.05, 4.69) is 0 Å². The highest BCUT2D eigenvalue weighted by Crippen LogP contribution is 2.24. The number of nitrogens with two attached hydrogens (primary N) is 1. The van der Waals surface area contributed by atoms with Gasteiger partial charge >= 0.3 is 0 Å². The van der Waals surface area contributed by atoms with Crippen LogP contribution in [-0.4, -0.2) is 10.9 Å². The van der Waals surface area contributed by atoms with E-state index in [4.69, 9.17) is 10.8 Å². The zero-order chi connectivity index (χ0) is 9.30. The predicted molar refractivity (Wildman–Crippen MR) is 42.5 cm³/mol. The molecule has 12 heavy (non-hydrogen) atoms. The Hall–Kier alpha value is -1.58. The van der Waals surface area contributed by atoms with Crippen molar-refractivity contribution in [3.63, 3.8) is 0 Å². The number of ketones is 1. The number of anilines is 1. The molecule has 0 spiro atoms. The number of carbonyl (C=O) groups is 1. The van der Waals surface area contributed by atoms with Gasteiger partial charge in [-0.15, -0.1) is 0 Å². The number of hydrogen-bond donors (Lipinski definition) is 2. The van der Waals surface area contributed by atoms with Gasteiger partial charge in [-0.1, -0.05) is 0 Å². The largest absolute Gasteiger partial charge is 0.507 e. The second kappa shape index (κ2) is 2.81. The Morgan fingerprint density at radius 1 is 1.58 bits per heavy atom. The molecule has 0 heterocycles. The quantitative estimate of drug-likeness (QED) is 0.492. The second-order valence-corrected chi connectivity index (χ2v) is 2.45. The summed E-state index contributed by atoms with van der Waals surface area (Å²) in [5.74, 6) is -1.46. The van der Waals surface area contributed by atoms with Crippen LogP contribution in [0.25, 0.3) is 0 Å². The fourth-order valence-corrected chi connectivity index (χ4v) is 0.997. The van der Waals surface area contributed by atoms with Crippen LogP contribution in [0, 0.1) is 5.82 Å². The molecule has 0 saturated carbocycles. The Morgan fingerprint density at radius 3 is 2.58 bits per heavy atom. The first kappa shape index (κ1) is 8.52. The Bertz CT molecular complexity index is 313. The Balaban J connectivity index is 3.38. The fraction of sp³-hybridized carbons (Fsp3) is 0.125. The molecule has 1 aromatic rings. The summed E-state index contributed by atoms with van der Waals surface area (Å²) < 4.78 is 12.5. The molecule has 0 aliphatic heterocycles. The van der Waals surface area contributed by atoms with Crippen molar-refractivity contribution in [1.82, 2.24) is 0 Å². The number of rotatable bonds is 1. The highest BCUT2D eigenvalue weighted by atomic mass is 19.1. The van der Waals surface area contributed by atoms with E-state index >= 15 is 0 Å². The van der Waals surface area contributed by atoms with Crippen LogP contribution in [0.5, 0.6) is 5.75 Å². The number of phenolic OH excluding ortho intramolecular Hbond substituents is 1. The number of benzene rings is 1. The van der Waals surface area contributed by atoms with Gasteiger partial charge in [-0.3, -0.25) is 4.79 Å². The monoisotopic (exact) mass is 169 g/mol. The zero-order valence-electron chi connectivity index (χ0n) is 6.47. The lowest BCUT2D eigenvalue weighted by atomic mass is 10.1. The van der Waals surface area contributed by atoms with Crippen LogP contribution in [0.4, 0.5) is 10.1 Å². The topological polar surface area (TPSA) is 63.3 Å². The first-order valence-corrected chi connectivity index (χ1v) is 3.31. The van der Waals surface area contributed by atoms with Gasteiger partial charge in [0.25, 0.3) is 0 Å². The lowest BCUT2D eigenvalue weighted by Crippen LogP contribution is -2.00. The minimum Gasteiger partial charge on any atom is -0.507 e. The Morgan fingerprint density at radius 2 is 2.17 bits per heavy atom. The number of hydrogen-bond acceptors (Lipinski definition) is 3. The lowest BCUT2D eigenvalue weighted by Gasteiger charge is -2.03. The molecule has 0 aliphatic rings. The van der Waals surface area contributed by atoms with Gasteiger partial charge in [0, 0.05) is 11.8 Å². The van der Waals surface area contributed by atoms with Crippen LogP contribution in [-0.2, 0) is 0 Å². The molecule has 3 N–H and O–H groups in total. The van der Waals surface area contributed by atoms with Crippen molar-refractivity contribution in [3.8, 4) is 5.75 Å². The molecule has 64 valence electrons. The van der Waals surface area contributed by atoms with Gasteiger partial charge in [0.05, 0.1) is 5.56 Å². The molecule has 3 nitrogen and oxygen atoms in total. The minimum absolute atomic E-state index is 0.0311. The van der Waals surface area contributed by atoms with Crippen molar-refractivity contribution in [2.45, 2.75) is 6.92 Å². The molecule has 1 rings (SSSR count). The second-order valence-electron chi connectivity index (χ2n) is 2.45. The molecule has 0 unspecified atom stereocenters. The third kappa shape index (κ3) is 1.37. The molecule has 4 heteroatoms. The summed E-state index contributed by atoms with van der Waals surface area (Å²) in [7, 11) is 0. The van der Waals surface area contributed by atoms with Crippen LogP contribution in [0.3, 0.4) is 0 Å². The van der Waals surface area contributed by atoms with E-state index in [-0.39, 0.29) is 17.0 Å². The zero-order valence-corrected chi connectivity index (χ0v) is 6.47. The number of Topliss-reactive ketones (excluding diaryl/α,β-unsaturated/α-hetero) is 1. The van der Waals surface area contributed by atoms with Gasteiger partial charge < -0.3 is 10.8 Å². The van der Waals surface area contributed by atoms with E-state index in [9.17, 15) is 9.18 Å². The van der Waals surface area contributed by atoms with Crippen LogP contribution in [0.1, 0.15) is 17.3 Å². The van der Waals surface area contributed by atoms with Gasteiger partial charge in [0.1, 0.15) is 11.6 Å². The number of phenols is 1. The molecular formula is C8H8FNO2. The molecule has 0 aliphatic carbocycles. The van der Waals surface area contributed by atoms with E-state index < -0.39 is 11.6 Å². The van der Waals surface area contributed by atoms with Crippen molar-refractivity contribution < 1.29 is 14.3 Å². The standard InChI is InChI=1S/C8H8FNO2/c1-4(11)8-6(10)2-5(9)3-7(8)12/h2-3,12H,10H2,1H3. The maximum absolute atomic E-state index is 12.5. The van der Waals surface area contributed by atoms with Crippen molar-refractivity contribution in [3.05, 3.63) is 23.5 Å². The molecule has 1 aromatic carbocycles. The van der Waals surface area contributed by atoms with Crippen LogP contribution >= 0.6 is 0 Å². The molecule has 0 amide bonds. The average molecular weight is 169 g/mol. The first-order valence-electron chi connectivity index (χ1n) is 3.31. The predicted octanol–water partition coefficient (Wildman–Crippen LogP) is 1.32. The maximum Gasteiger partial charge on any atom is 0.165 e. The molecule has 0 radical (unpaired) electrons. The summed E-state index contributed by atoms with van der Waals surface area (Å²) in [5, 5.41) is 9.10. The average Bonchev–Trinajstić information content (AvgIpc) is 1.82. The van der Waals surface area contributed by atoms with E-state index in [1.54, 1.807) is 0 Å². The highest BCUT2D eigenvalue weighted by Gasteiger charge is 2.11. The van der Waals surface area contributed by atoms with Crippen molar-refractivity contribution in [2.24, 2.45) is 0 Å². The van der Waals surface area contributed by atoms with E-state index in [0.29, 0.717) is 0 Å². The third-order valence-electron chi connectivity index (χ3n) is 1.46. The van der Waals surface area contributed by atoms with Crippen LogP contribution in [0.2, 0.25) is 0 Å². The van der Waals surface area contributed by atoms with Crippen LogP contribution in [0.15, 0.2) is 12.1 Å². The van der Waals surface area contributed by atoms with Gasteiger partial charge in [-0.2, -0.15) is 0 Å². The minimum atomic E-state index is -0.657. The lowest BCUT2D eigenvalue weighted by molar-refractivity contribution is 0.101. The number of nitrogen functional groups attached to an aromatic ring is 1. The maximum atomic E-state index is 12.5. The van der Waals surface area contributed by atoms with Crippen molar-refractivity contribution >= 4 is 11.5 Å². The normalized spacial score (nSPS) is 9.83. The van der Waals surface area contributed by atoms with E-state index in [0.717, 1.165) is 12.1 Å². The van der Waals surface area contributed by atoms with Gasteiger partial charge in [0.15, 0.2) is 5.78 Å². The van der Waals surface area contributed by atoms with Gasteiger partial charge in [-0.05, 0) is 13.0 Å². The molecule has 0 atom stereocenters. The van der Waals surface area contributed by atoms with Gasteiger partial charge in [0.2, 0.25) is 0 Å². The summed E-state index contributed by atoms with van der Waals surface area (Å²) in [5.41, 5.74) is 5.23. The van der Waals surface area contributed by atoms with Gasteiger partial charge in [-0.25, -0.2) is 4.39 Å². The first-order chi connectivity index (χ1) is 5.52. The van der Waals surface area contributed by atoms with E-state index in [1.807, 2.05) is 0 Å². The molecule has 0 fully saturated rings. The Kier molecular flexibility index (Phi) is 1.99. The summed E-state index contributed by atoms with van der Waals surface area (Å²) >= 11 is 0. The highest BCUT2D eigenvalue weighted by molar-refractivity contribution is 6.01. The summed E-state index contributed by atoms with van der Waals surface area (Å²) in [6.45, 7) is 1.25. The molecule has 0 bridgehead atoms. The summed E-state index contributed by atoms with van der Waals surface area (Å²) in [4.78, 5) is 10.8. The number of carbonyl (C=O) groups excluding carboxylic acids is 1. The SMILES string of the molecule is CC(=O)c1c(N)cc(F)cc1O. The molecular weight excluding hydrogens is 161 g/mol. The number of halogens is 1. The summed E-state index contributed by atoms with van der Waals surface area (Å²) in [6, 6.07) is 1.85. The van der Waals surface area contributed by atoms with Crippen LogP contribution < -0.4 is 5.73 Å². The fourth-order valence-electron chi connectivity index (χ4n) is 0.997. The molecule has 0 saturated heterocycles. The van der Waals surface area contributed by atoms with Crippen molar-refractivity contribution in [2.75, 3.05) is 5.73 Å². The summed E-state index contributed by atoms with van der Waals surface area (Å²) in [6.07, 6.45) is 0. The molecule has 0 aromatic heterocycles. The number of aromatic hydroxyl groups is 1. The van der Waals surface area contributed by atoms with Crippen molar-refractivity contribution in [1.29, 1.82) is 0 Å². The van der Waals surface area contributed by atoms with E-state index in [1.165, 1.54) is 6.92 Å². The third-order valence-corrected chi connectivity index (χ3v) is 1.46. The Labute approximate surface area is 68.6 Å². The smallest absolute Gasteiger partial charge is 0.165 e.